The molecule has 16 nitrogen and oxygen atoms in total. The second kappa shape index (κ2) is 59.4. The molecule has 17 rings (SSSR count). The minimum Gasteiger partial charge on any atom is -0.573 e. The van der Waals surface area contributed by atoms with Gasteiger partial charge in [-0.25, -0.2) is 9.78 Å². The second-order valence-electron chi connectivity index (χ2n) is 23.6. The molecule has 11 heterocycles. The summed E-state index contributed by atoms with van der Waals surface area (Å²) in [5.41, 5.74) is 3.67. The van der Waals surface area contributed by atoms with Crippen molar-refractivity contribution < 1.29 is 149 Å². The summed E-state index contributed by atoms with van der Waals surface area (Å²) in [5.74, 6) is -10.1. The van der Waals surface area contributed by atoms with E-state index in [0.29, 0.717) is 39.9 Å². The Kier molecular flexibility index (Phi) is 50.6. The molecule has 0 bridgehead atoms. The maximum absolute atomic E-state index is 13.2. The van der Waals surface area contributed by atoms with E-state index in [1.54, 1.807) is 189 Å². The van der Waals surface area contributed by atoms with Gasteiger partial charge in [-0.1, -0.05) is 208 Å². The number of pyridine rings is 9. The monoisotopic (exact) mass is 2360 g/mol. The predicted molar refractivity (Wildman–Crippen MR) is 445 cm³/mol. The molecule has 0 aliphatic carbocycles. The fourth-order valence-electron chi connectivity index (χ4n) is 9.44. The minimum atomic E-state index is -4.57. The fourth-order valence-corrected chi connectivity index (χ4v) is 9.44. The second-order valence-corrected chi connectivity index (χ2v) is 23.6. The van der Waals surface area contributed by atoms with Gasteiger partial charge in [0.15, 0.2) is 0 Å². The fraction of sp³-hybridized carbons (Fsp3) is 0.0842. The third-order valence-corrected chi connectivity index (χ3v) is 14.9. The number of carboxylic acid groups (broad SMARTS) is 1. The van der Waals surface area contributed by atoms with Crippen molar-refractivity contribution in [2.24, 2.45) is 0 Å². The van der Waals surface area contributed by atoms with Crippen LogP contribution >= 0.6 is 0 Å². The first-order chi connectivity index (χ1) is 62.1. The molecular formula is C95H68F18Ir3N14O2-2. The zero-order chi connectivity index (χ0) is 94.3. The molecule has 0 fully saturated rings. The number of benzene rings is 6. The van der Waals surface area contributed by atoms with Crippen molar-refractivity contribution in [1.29, 1.82) is 0 Å². The first-order valence-electron chi connectivity index (χ1n) is 37.8. The van der Waals surface area contributed by atoms with Gasteiger partial charge in [0, 0.05) is 151 Å². The van der Waals surface area contributed by atoms with E-state index < -0.39 is 99.6 Å². The average molecular weight is 2360 g/mol. The van der Waals surface area contributed by atoms with Gasteiger partial charge in [-0.05, 0) is 119 Å². The number of hydrogen-bond acceptors (Lipinski definition) is 13. The van der Waals surface area contributed by atoms with Gasteiger partial charge in [-0.15, -0.1) is 72.8 Å². The molecule has 1 N–H and O–H groups in total. The quantitative estimate of drug-likeness (QED) is 0.105. The Labute approximate surface area is 786 Å². The van der Waals surface area contributed by atoms with Gasteiger partial charge in [-0.2, -0.15) is 26.3 Å². The summed E-state index contributed by atoms with van der Waals surface area (Å²) >= 11 is 0. The molecular weight excluding hydrogens is 2290 g/mol. The van der Waals surface area contributed by atoms with E-state index in [0.717, 1.165) is 78.9 Å². The van der Waals surface area contributed by atoms with Crippen molar-refractivity contribution >= 4 is 5.97 Å². The van der Waals surface area contributed by atoms with Crippen LogP contribution in [0, 0.1) is 106 Å². The topological polar surface area (TPSA) is 220 Å². The molecule has 37 heteroatoms. The van der Waals surface area contributed by atoms with Gasteiger partial charge in [0.1, 0.15) is 17.2 Å². The number of hydrogen-bond donors (Lipinski definition) is 1. The molecule has 0 atom stereocenters. The Balaban J connectivity index is 0.000000379. The molecule has 132 heavy (non-hydrogen) atoms. The summed E-state index contributed by atoms with van der Waals surface area (Å²) in [7, 11) is 0. The van der Waals surface area contributed by atoms with Crippen LogP contribution < -0.4 is 10.2 Å². The number of aromatic nitrogens is 14. The van der Waals surface area contributed by atoms with Crippen LogP contribution in [0.5, 0.6) is 0 Å². The van der Waals surface area contributed by atoms with Gasteiger partial charge in [0.25, 0.3) is 0 Å². The zero-order valence-electron chi connectivity index (χ0n) is 69.2. The summed E-state index contributed by atoms with van der Waals surface area (Å²) in [6, 6.07) is 72.5. The molecule has 0 aliphatic rings. The largest absolute Gasteiger partial charge is 3.00 e. The number of halogens is 18. The van der Waals surface area contributed by atoms with Crippen molar-refractivity contribution in [1.82, 2.24) is 70.2 Å². The number of aromatic carboxylic acids is 1. The number of carboxylic acids is 1. The third-order valence-electron chi connectivity index (χ3n) is 14.9. The minimum absolute atomic E-state index is 0. The van der Waals surface area contributed by atoms with E-state index in [-0.39, 0.29) is 117 Å². The molecule has 6 aromatic carbocycles. The van der Waals surface area contributed by atoms with Gasteiger partial charge in [0.05, 0.1) is 5.69 Å². The van der Waals surface area contributed by atoms with E-state index in [4.69, 9.17) is 5.11 Å². The standard InChI is InChI=1S/6C11H6F2N.C9H5F3N3.C8H4F3N4.C6H5NO2.3C2H6.3Ir/c6*12-8-4-5-9(10(13)7-8)11-3-1-2-6-14-11;10-9(11,12)8-5-7(14-15-8)6-3-1-2-4-13-6;9-8(10,11)7-13-6(14-15-7)5-3-1-2-4-12-5;8-6(9)5-3-1-2-4-7-5;3*1-2;;;/h6*1-4,6-7H;1-5H;1-4H;1-4H,(H,8,9);3*1-2H3;;;/q8*-1;;;;;;2*+3. The molecule has 11 aromatic heterocycles. The van der Waals surface area contributed by atoms with Crippen molar-refractivity contribution in [3.63, 3.8) is 0 Å². The molecule has 0 unspecified atom stereocenters. The van der Waals surface area contributed by atoms with Crippen molar-refractivity contribution in [2.45, 2.75) is 53.9 Å². The Hall–Kier alpha value is -13.8. The first kappa shape index (κ1) is 112. The molecule has 685 valence electrons. The van der Waals surface area contributed by atoms with Crippen molar-refractivity contribution in [3.05, 3.63) is 422 Å². The molecule has 17 aromatic rings. The van der Waals surface area contributed by atoms with Gasteiger partial charge < -0.3 is 55.3 Å². The number of nitrogens with zero attached hydrogens (tertiary/aromatic N) is 14. The van der Waals surface area contributed by atoms with Crippen LogP contribution in [0.2, 0.25) is 0 Å². The third kappa shape index (κ3) is 37.7. The van der Waals surface area contributed by atoms with Crippen LogP contribution in [-0.2, 0) is 72.7 Å². The van der Waals surface area contributed by atoms with Gasteiger partial charge >= 0.3 is 58.5 Å². The van der Waals surface area contributed by atoms with Crippen LogP contribution in [-0.4, -0.2) is 71.1 Å². The number of rotatable bonds is 9. The van der Waals surface area contributed by atoms with E-state index in [2.05, 4.69) is 107 Å². The first-order valence-corrected chi connectivity index (χ1v) is 37.8. The average Bonchev–Trinajstić information content (AvgIpc) is 1.30. The summed E-state index contributed by atoms with van der Waals surface area (Å²) in [5, 5.41) is 21.0. The Morgan fingerprint density at radius 3 is 0.697 bits per heavy atom. The van der Waals surface area contributed by atoms with Crippen LogP contribution in [0.1, 0.15) is 63.5 Å². The predicted octanol–water partition coefficient (Wildman–Crippen LogP) is 24.4. The van der Waals surface area contributed by atoms with E-state index in [1.807, 2.05) is 41.5 Å². The van der Waals surface area contributed by atoms with Crippen molar-refractivity contribution in [2.75, 3.05) is 0 Å². The van der Waals surface area contributed by atoms with Gasteiger partial charge in [0.2, 0.25) is 0 Å². The summed E-state index contributed by atoms with van der Waals surface area (Å²) in [4.78, 5) is 48.3. The number of carbonyl (C=O) groups is 1. The number of alkyl halides is 6. The molecule has 0 spiro atoms. The van der Waals surface area contributed by atoms with Crippen LogP contribution in [0.3, 0.4) is 0 Å². The van der Waals surface area contributed by atoms with Crippen LogP contribution in [0.4, 0.5) is 79.0 Å². The van der Waals surface area contributed by atoms with Crippen LogP contribution in [0.25, 0.3) is 90.5 Å². The van der Waals surface area contributed by atoms with Crippen LogP contribution in [0.15, 0.2) is 298 Å². The Morgan fingerprint density at radius 1 is 0.295 bits per heavy atom. The maximum atomic E-state index is 13.2. The van der Waals surface area contributed by atoms with E-state index in [1.165, 1.54) is 30.7 Å². The smallest absolute Gasteiger partial charge is 0.573 e. The molecule has 0 aliphatic heterocycles. The molecule has 0 saturated carbocycles. The molecule has 0 amide bonds. The molecule has 1 radical (unpaired) electrons. The Bertz CT molecular complexity index is 5380. The normalized spacial score (nSPS) is 9.85. The van der Waals surface area contributed by atoms with E-state index in [9.17, 15) is 83.8 Å². The molecule has 0 saturated heterocycles. The summed E-state index contributed by atoms with van der Waals surface area (Å²) in [6.07, 6.45) is 4.63. The summed E-state index contributed by atoms with van der Waals surface area (Å²) in [6.45, 7) is 12.0. The SMILES string of the molecule is CC.CC.CC.FC(F)(F)c1cc(-c2ccccn2)[n-]n1.FC(F)(F)c1n[n-]c(-c2ccccn2)n1.Fc1c[c-]c(-c2ccccn2)c(F)c1.Fc1c[c-]c(-c2ccccn2)c(F)c1.Fc1c[c-]c(-c2ccccn2)c(F)c1.Fc1c[c-]c(-c2ccccn2)c(F)c1.Fc1c[c-]c(-c2ccccn2)c(F)c1.Fc1c[c-]c(-c2ccccn2)c(F)c1.O=C(O)c1ccccn1.[Ir+3].[Ir+3].[Ir]. The van der Waals surface area contributed by atoms with Gasteiger partial charge in [-0.3, -0.25) is 67.8 Å². The van der Waals surface area contributed by atoms with Crippen molar-refractivity contribution in [3.8, 4) is 90.5 Å². The zero-order valence-corrected chi connectivity index (χ0v) is 76.4. The summed E-state index contributed by atoms with van der Waals surface area (Å²) < 4.78 is 228. The maximum Gasteiger partial charge on any atom is 3.00 e. The van der Waals surface area contributed by atoms with E-state index >= 15 is 0 Å². The Morgan fingerprint density at radius 2 is 0.523 bits per heavy atom.